The fourth-order valence-corrected chi connectivity index (χ4v) is 4.55. The summed E-state index contributed by atoms with van der Waals surface area (Å²) >= 11 is 1.61. The molecule has 27 heavy (non-hydrogen) atoms. The summed E-state index contributed by atoms with van der Waals surface area (Å²) in [5.74, 6) is -0.182. The second-order valence-corrected chi connectivity index (χ2v) is 8.21. The van der Waals surface area contributed by atoms with Crippen molar-refractivity contribution in [3.8, 4) is 0 Å². The molecule has 1 aliphatic rings. The Bertz CT molecular complexity index is 858. The van der Waals surface area contributed by atoms with Gasteiger partial charge in [0.05, 0.1) is 5.71 Å². The third-order valence-corrected chi connectivity index (χ3v) is 6.88. The van der Waals surface area contributed by atoms with E-state index in [1.807, 2.05) is 30.5 Å². The van der Waals surface area contributed by atoms with E-state index < -0.39 is 0 Å². The lowest BCUT2D eigenvalue weighted by Crippen LogP contribution is -2.33. The highest BCUT2D eigenvalue weighted by molar-refractivity contribution is 7.11. The smallest absolute Gasteiger partial charge is 0.0654 e. The van der Waals surface area contributed by atoms with Crippen LogP contribution in [0.2, 0.25) is 0 Å². The molecule has 0 radical (unpaired) electrons. The van der Waals surface area contributed by atoms with Gasteiger partial charge >= 0.3 is 0 Å². The number of hydrogen-bond donors (Lipinski definition) is 2. The summed E-state index contributed by atoms with van der Waals surface area (Å²) in [6.45, 7) is 20.8. The van der Waals surface area contributed by atoms with E-state index in [9.17, 15) is 0 Å². The Kier molecular flexibility index (Phi) is 6.38. The maximum Gasteiger partial charge on any atom is 0.0654 e. The normalized spacial score (nSPS) is 21.9. The summed E-state index contributed by atoms with van der Waals surface area (Å²) in [5, 5.41) is 19.8. The zero-order chi connectivity index (χ0) is 20.4. The SMILES string of the molecule is C=C/C(=C1\C(=C)C(=N)/C(=C(/C=C)C(C)(CC)CC)C(C)C1=N)c1cccs1. The van der Waals surface area contributed by atoms with Crippen molar-refractivity contribution in [3.63, 3.8) is 0 Å². The van der Waals surface area contributed by atoms with Crippen LogP contribution >= 0.6 is 11.3 Å². The molecule has 0 bridgehead atoms. The van der Waals surface area contributed by atoms with Gasteiger partial charge < -0.3 is 5.41 Å². The summed E-state index contributed by atoms with van der Waals surface area (Å²) in [7, 11) is 0. The molecule has 0 amide bonds. The molecule has 0 saturated heterocycles. The van der Waals surface area contributed by atoms with E-state index in [1.54, 1.807) is 17.4 Å². The molecule has 1 saturated carbocycles. The van der Waals surface area contributed by atoms with Crippen LogP contribution in [-0.4, -0.2) is 11.4 Å². The molecule has 1 aromatic heterocycles. The van der Waals surface area contributed by atoms with Crippen LogP contribution in [0.1, 0.15) is 45.4 Å². The van der Waals surface area contributed by atoms with Crippen molar-refractivity contribution in [1.29, 1.82) is 10.8 Å². The number of thiophene rings is 1. The molecule has 2 N–H and O–H groups in total. The Hall–Kier alpha value is -2.26. The fraction of sp³-hybridized carbons (Fsp3) is 0.333. The molecule has 1 heterocycles. The van der Waals surface area contributed by atoms with E-state index in [0.717, 1.165) is 40.0 Å². The average molecular weight is 379 g/mol. The molecule has 2 nitrogen and oxygen atoms in total. The summed E-state index contributed by atoms with van der Waals surface area (Å²) in [6.07, 6.45) is 5.59. The monoisotopic (exact) mass is 378 g/mol. The lowest BCUT2D eigenvalue weighted by molar-refractivity contribution is 0.373. The van der Waals surface area contributed by atoms with Gasteiger partial charge in [-0.2, -0.15) is 0 Å². The lowest BCUT2D eigenvalue weighted by atomic mass is 9.67. The molecule has 142 valence electrons. The van der Waals surface area contributed by atoms with Crippen molar-refractivity contribution in [1.82, 2.24) is 0 Å². The molecule has 0 aliphatic heterocycles. The highest BCUT2D eigenvalue weighted by Crippen LogP contribution is 2.44. The molecule has 1 aliphatic carbocycles. The molecule has 1 unspecified atom stereocenters. The minimum absolute atomic E-state index is 0.0611. The predicted octanol–water partition coefficient (Wildman–Crippen LogP) is 7.24. The van der Waals surface area contributed by atoms with Crippen LogP contribution in [0.3, 0.4) is 0 Å². The Morgan fingerprint density at radius 1 is 1.22 bits per heavy atom. The Balaban J connectivity index is 2.74. The van der Waals surface area contributed by atoms with Gasteiger partial charge in [0, 0.05) is 33.2 Å². The van der Waals surface area contributed by atoms with Crippen LogP contribution in [0.25, 0.3) is 5.57 Å². The van der Waals surface area contributed by atoms with Crippen molar-refractivity contribution in [2.75, 3.05) is 0 Å². The zero-order valence-corrected chi connectivity index (χ0v) is 17.7. The first-order valence-electron chi connectivity index (χ1n) is 9.42. The van der Waals surface area contributed by atoms with E-state index in [1.165, 1.54) is 0 Å². The van der Waals surface area contributed by atoms with Crippen molar-refractivity contribution in [2.24, 2.45) is 11.3 Å². The number of nitrogens with one attached hydrogen (secondary N) is 2. The first-order chi connectivity index (χ1) is 12.8. The van der Waals surface area contributed by atoms with Gasteiger partial charge in [0.1, 0.15) is 0 Å². The van der Waals surface area contributed by atoms with Crippen molar-refractivity contribution in [2.45, 2.75) is 40.5 Å². The summed E-state index contributed by atoms with van der Waals surface area (Å²) in [5.41, 5.74) is 5.07. The molecule has 2 rings (SSSR count). The van der Waals surface area contributed by atoms with Crippen LogP contribution in [0.5, 0.6) is 0 Å². The van der Waals surface area contributed by atoms with Crippen LogP contribution in [0.4, 0.5) is 0 Å². The second kappa shape index (κ2) is 8.18. The molecule has 0 spiro atoms. The highest BCUT2D eigenvalue weighted by atomic mass is 32.1. The van der Waals surface area contributed by atoms with E-state index in [0.29, 0.717) is 17.0 Å². The molecule has 1 fully saturated rings. The molecular formula is C24H30N2S. The van der Waals surface area contributed by atoms with E-state index >= 15 is 0 Å². The average Bonchev–Trinajstić information content (AvgIpc) is 3.20. The van der Waals surface area contributed by atoms with Gasteiger partial charge in [0.25, 0.3) is 0 Å². The Labute approximate surface area is 167 Å². The number of allylic oxidation sites excluding steroid dienone is 7. The predicted molar refractivity (Wildman–Crippen MR) is 121 cm³/mol. The standard InChI is InChI=1S/C24H30N2S/c1-8-17(19-13-12-14-27-19)20-15(5)23(26)21(16(6)22(20)25)18(9-2)24(7,10-3)11-4/h8-9,12-14,16,25-26H,1-2,5,10-11H2,3-4,6-7H3/b20-17-,21-18-,25-22?,26-23?. The van der Waals surface area contributed by atoms with Gasteiger partial charge in [0.15, 0.2) is 0 Å². The van der Waals surface area contributed by atoms with Crippen LogP contribution in [-0.2, 0) is 0 Å². The first kappa shape index (κ1) is 21.0. The van der Waals surface area contributed by atoms with Gasteiger partial charge in [-0.05, 0) is 40.8 Å². The zero-order valence-electron chi connectivity index (χ0n) is 16.9. The molecule has 1 atom stereocenters. The van der Waals surface area contributed by atoms with Crippen molar-refractivity contribution < 1.29 is 0 Å². The van der Waals surface area contributed by atoms with Gasteiger partial charge in [-0.25, -0.2) is 0 Å². The van der Waals surface area contributed by atoms with Gasteiger partial charge in [-0.3, -0.25) is 5.41 Å². The quantitative estimate of drug-likeness (QED) is 0.524. The van der Waals surface area contributed by atoms with E-state index in [-0.39, 0.29) is 11.3 Å². The third-order valence-electron chi connectivity index (χ3n) is 5.97. The summed E-state index contributed by atoms with van der Waals surface area (Å²) in [6, 6.07) is 4.01. The number of rotatable bonds is 6. The fourth-order valence-electron chi connectivity index (χ4n) is 3.77. The van der Waals surface area contributed by atoms with E-state index in [4.69, 9.17) is 10.8 Å². The topological polar surface area (TPSA) is 47.7 Å². The molecular weight excluding hydrogens is 348 g/mol. The molecule has 0 aromatic carbocycles. The summed E-state index contributed by atoms with van der Waals surface area (Å²) in [4.78, 5) is 1.05. The van der Waals surface area contributed by atoms with Gasteiger partial charge in [-0.15, -0.1) is 11.3 Å². The molecule has 3 heteroatoms. The third kappa shape index (κ3) is 3.49. The first-order valence-corrected chi connectivity index (χ1v) is 10.3. The van der Waals surface area contributed by atoms with Crippen molar-refractivity contribution in [3.05, 3.63) is 76.6 Å². The Morgan fingerprint density at radius 3 is 2.30 bits per heavy atom. The van der Waals surface area contributed by atoms with Gasteiger partial charge in [0.2, 0.25) is 0 Å². The van der Waals surface area contributed by atoms with Crippen LogP contribution < -0.4 is 0 Å². The number of hydrogen-bond acceptors (Lipinski definition) is 3. The van der Waals surface area contributed by atoms with Crippen molar-refractivity contribution >= 4 is 28.3 Å². The van der Waals surface area contributed by atoms with Crippen LogP contribution in [0.15, 0.2) is 71.7 Å². The lowest BCUT2D eigenvalue weighted by Gasteiger charge is -2.37. The maximum absolute atomic E-state index is 8.90. The summed E-state index contributed by atoms with van der Waals surface area (Å²) < 4.78 is 0. The van der Waals surface area contributed by atoms with E-state index in [2.05, 4.69) is 40.5 Å². The highest BCUT2D eigenvalue weighted by Gasteiger charge is 2.37. The van der Waals surface area contributed by atoms with Crippen LogP contribution in [0, 0.1) is 22.2 Å². The minimum Gasteiger partial charge on any atom is -0.304 e. The van der Waals surface area contributed by atoms with Gasteiger partial charge in [-0.1, -0.05) is 65.7 Å². The largest absolute Gasteiger partial charge is 0.304 e. The maximum atomic E-state index is 8.90. The Morgan fingerprint density at radius 2 is 1.85 bits per heavy atom. The molecule has 1 aromatic rings. The minimum atomic E-state index is -0.182. The second-order valence-electron chi connectivity index (χ2n) is 7.26.